The number of nitrogens with one attached hydrogen (secondary N) is 1. The topological polar surface area (TPSA) is 38.3 Å². The van der Waals surface area contributed by atoms with Gasteiger partial charge in [0, 0.05) is 11.3 Å². The number of amides is 1. The molecule has 3 nitrogen and oxygen atoms in total. The van der Waals surface area contributed by atoms with Crippen molar-refractivity contribution < 1.29 is 9.53 Å². The predicted molar refractivity (Wildman–Crippen MR) is 68.9 cm³/mol. The van der Waals surface area contributed by atoms with Crippen molar-refractivity contribution in [2.45, 2.75) is 33.3 Å². The molecule has 3 heteroatoms. The molecule has 0 radical (unpaired) electrons. The van der Waals surface area contributed by atoms with E-state index in [2.05, 4.69) is 17.2 Å². The first kappa shape index (κ1) is 13.1. The second kappa shape index (κ2) is 5.40. The molecule has 0 spiro atoms. The Morgan fingerprint density at radius 3 is 2.29 bits per heavy atom. The highest BCUT2D eigenvalue weighted by atomic mass is 16.6. The minimum atomic E-state index is -0.488. The Hall–Kier alpha value is -1.95. The van der Waals surface area contributed by atoms with E-state index in [1.807, 2.05) is 32.9 Å². The van der Waals surface area contributed by atoms with Crippen LogP contribution >= 0.6 is 0 Å². The fourth-order valence-corrected chi connectivity index (χ4v) is 1.20. The molecule has 0 unspecified atom stereocenters. The van der Waals surface area contributed by atoms with Gasteiger partial charge in [-0.2, -0.15) is 0 Å². The first-order valence-electron chi connectivity index (χ1n) is 5.43. The monoisotopic (exact) mass is 231 g/mol. The van der Waals surface area contributed by atoms with Crippen LogP contribution in [0.15, 0.2) is 24.3 Å². The summed E-state index contributed by atoms with van der Waals surface area (Å²) in [5, 5.41) is 2.66. The average molecular weight is 231 g/mol. The van der Waals surface area contributed by atoms with Crippen LogP contribution in [0.1, 0.15) is 33.3 Å². The number of hydrogen-bond donors (Lipinski definition) is 1. The second-order valence-electron chi connectivity index (χ2n) is 4.58. The van der Waals surface area contributed by atoms with Gasteiger partial charge in [0.25, 0.3) is 0 Å². The lowest BCUT2D eigenvalue weighted by Gasteiger charge is -2.19. The lowest BCUT2D eigenvalue weighted by Crippen LogP contribution is -2.27. The molecule has 17 heavy (non-hydrogen) atoms. The van der Waals surface area contributed by atoms with Crippen LogP contribution in [0.25, 0.3) is 0 Å². The van der Waals surface area contributed by atoms with E-state index in [1.165, 1.54) is 0 Å². The number of carbonyl (C=O) groups excluding carboxylic acids is 1. The third-order valence-corrected chi connectivity index (χ3v) is 1.80. The molecule has 1 N–H and O–H groups in total. The molecule has 0 bridgehead atoms. The molecule has 0 saturated carbocycles. The quantitative estimate of drug-likeness (QED) is 0.752. The first-order valence-corrected chi connectivity index (χ1v) is 5.43. The summed E-state index contributed by atoms with van der Waals surface area (Å²) >= 11 is 0. The summed E-state index contributed by atoms with van der Waals surface area (Å²) in [7, 11) is 0. The van der Waals surface area contributed by atoms with Gasteiger partial charge in [-0.25, -0.2) is 4.79 Å². The van der Waals surface area contributed by atoms with Crippen LogP contribution in [0.2, 0.25) is 0 Å². The molecule has 0 heterocycles. The van der Waals surface area contributed by atoms with Crippen LogP contribution in [-0.2, 0) is 4.74 Å². The van der Waals surface area contributed by atoms with Gasteiger partial charge in [-0.05, 0) is 52.0 Å². The smallest absolute Gasteiger partial charge is 0.412 e. The zero-order valence-corrected chi connectivity index (χ0v) is 10.6. The number of rotatable bonds is 1. The third kappa shape index (κ3) is 5.07. The summed E-state index contributed by atoms with van der Waals surface area (Å²) in [6, 6.07) is 7.29. The molecule has 1 aromatic rings. The fourth-order valence-electron chi connectivity index (χ4n) is 1.20. The van der Waals surface area contributed by atoms with Crippen molar-refractivity contribution in [2.24, 2.45) is 0 Å². The van der Waals surface area contributed by atoms with Gasteiger partial charge in [0.2, 0.25) is 0 Å². The summed E-state index contributed by atoms with van der Waals surface area (Å²) in [5.74, 6) is 5.75. The van der Waals surface area contributed by atoms with Crippen molar-refractivity contribution >= 4 is 11.8 Å². The Bertz CT molecular complexity index is 444. The Labute approximate surface area is 102 Å². The van der Waals surface area contributed by atoms with E-state index in [-0.39, 0.29) is 0 Å². The molecule has 1 amide bonds. The summed E-state index contributed by atoms with van der Waals surface area (Å²) in [4.78, 5) is 11.5. The van der Waals surface area contributed by atoms with Crippen LogP contribution in [0, 0.1) is 11.8 Å². The minimum absolute atomic E-state index is 0.452. The van der Waals surface area contributed by atoms with E-state index < -0.39 is 11.7 Å². The van der Waals surface area contributed by atoms with Crippen molar-refractivity contribution in [3.05, 3.63) is 29.8 Å². The number of hydrogen-bond acceptors (Lipinski definition) is 2. The van der Waals surface area contributed by atoms with Crippen molar-refractivity contribution in [3.8, 4) is 11.8 Å². The van der Waals surface area contributed by atoms with E-state index in [9.17, 15) is 4.79 Å². The molecule has 0 atom stereocenters. The lowest BCUT2D eigenvalue weighted by atomic mass is 10.2. The SMILES string of the molecule is CC#Cc1ccc(NC(=O)OC(C)(C)C)cc1. The maximum absolute atomic E-state index is 11.5. The summed E-state index contributed by atoms with van der Waals surface area (Å²) in [6.45, 7) is 7.26. The molecule has 1 aromatic carbocycles. The Kier molecular flexibility index (Phi) is 4.17. The van der Waals surface area contributed by atoms with Crippen molar-refractivity contribution in [3.63, 3.8) is 0 Å². The van der Waals surface area contributed by atoms with Crippen LogP contribution in [-0.4, -0.2) is 11.7 Å². The van der Waals surface area contributed by atoms with Gasteiger partial charge in [0.05, 0.1) is 0 Å². The first-order chi connectivity index (χ1) is 7.90. The molecule has 0 aliphatic rings. The van der Waals surface area contributed by atoms with Crippen LogP contribution < -0.4 is 5.32 Å². The lowest BCUT2D eigenvalue weighted by molar-refractivity contribution is 0.0636. The minimum Gasteiger partial charge on any atom is -0.444 e. The third-order valence-electron chi connectivity index (χ3n) is 1.80. The number of carbonyl (C=O) groups is 1. The van der Waals surface area contributed by atoms with Gasteiger partial charge in [-0.1, -0.05) is 5.92 Å². The summed E-state index contributed by atoms with van der Waals surface area (Å²) < 4.78 is 5.14. The van der Waals surface area contributed by atoms with E-state index in [1.54, 1.807) is 19.1 Å². The van der Waals surface area contributed by atoms with Gasteiger partial charge >= 0.3 is 6.09 Å². The van der Waals surface area contributed by atoms with Gasteiger partial charge < -0.3 is 4.74 Å². The van der Waals surface area contributed by atoms with Crippen LogP contribution in [0.5, 0.6) is 0 Å². The molecule has 1 rings (SSSR count). The van der Waals surface area contributed by atoms with Gasteiger partial charge in [-0.15, -0.1) is 5.92 Å². The van der Waals surface area contributed by atoms with Gasteiger partial charge in [0.15, 0.2) is 0 Å². The molecule has 0 aliphatic heterocycles. The Morgan fingerprint density at radius 1 is 1.24 bits per heavy atom. The standard InChI is InChI=1S/C14H17NO2/c1-5-6-11-7-9-12(10-8-11)15-13(16)17-14(2,3)4/h7-10H,1-4H3,(H,15,16). The maximum Gasteiger partial charge on any atom is 0.412 e. The Balaban J connectivity index is 2.62. The van der Waals surface area contributed by atoms with Crippen LogP contribution in [0.4, 0.5) is 10.5 Å². The summed E-state index contributed by atoms with van der Waals surface area (Å²) in [5.41, 5.74) is 1.13. The summed E-state index contributed by atoms with van der Waals surface area (Å²) in [6.07, 6.45) is -0.452. The number of anilines is 1. The highest BCUT2D eigenvalue weighted by Gasteiger charge is 2.15. The number of ether oxygens (including phenoxy) is 1. The Morgan fingerprint density at radius 2 is 1.82 bits per heavy atom. The van der Waals surface area contributed by atoms with E-state index in [4.69, 9.17) is 4.74 Å². The maximum atomic E-state index is 11.5. The average Bonchev–Trinajstić information content (AvgIpc) is 2.18. The molecular weight excluding hydrogens is 214 g/mol. The van der Waals surface area contributed by atoms with Gasteiger partial charge in [0.1, 0.15) is 5.60 Å². The molecular formula is C14H17NO2. The fraction of sp³-hybridized carbons (Fsp3) is 0.357. The number of benzene rings is 1. The van der Waals surface area contributed by atoms with Gasteiger partial charge in [-0.3, -0.25) is 5.32 Å². The van der Waals surface area contributed by atoms with E-state index in [0.717, 1.165) is 5.56 Å². The molecule has 0 saturated heterocycles. The zero-order chi connectivity index (χ0) is 12.9. The van der Waals surface area contributed by atoms with Crippen LogP contribution in [0.3, 0.4) is 0 Å². The van der Waals surface area contributed by atoms with Crippen molar-refractivity contribution in [1.82, 2.24) is 0 Å². The zero-order valence-electron chi connectivity index (χ0n) is 10.6. The molecule has 90 valence electrons. The highest BCUT2D eigenvalue weighted by molar-refractivity contribution is 5.84. The molecule has 0 aromatic heterocycles. The van der Waals surface area contributed by atoms with Crippen molar-refractivity contribution in [2.75, 3.05) is 5.32 Å². The molecule has 0 aliphatic carbocycles. The van der Waals surface area contributed by atoms with E-state index in [0.29, 0.717) is 5.69 Å². The second-order valence-corrected chi connectivity index (χ2v) is 4.58. The predicted octanol–water partition coefficient (Wildman–Crippen LogP) is 3.41. The molecule has 0 fully saturated rings. The van der Waals surface area contributed by atoms with E-state index >= 15 is 0 Å². The highest BCUT2D eigenvalue weighted by Crippen LogP contribution is 2.12. The van der Waals surface area contributed by atoms with Crippen molar-refractivity contribution in [1.29, 1.82) is 0 Å². The normalized spacial score (nSPS) is 10.1. The largest absolute Gasteiger partial charge is 0.444 e.